The van der Waals surface area contributed by atoms with Gasteiger partial charge in [0, 0.05) is 22.6 Å². The van der Waals surface area contributed by atoms with Crippen molar-refractivity contribution in [2.75, 3.05) is 6.61 Å². The third-order valence-electron chi connectivity index (χ3n) is 4.93. The number of aliphatic hydroxyl groups is 2. The third kappa shape index (κ3) is 4.27. The molecule has 1 aromatic carbocycles. The number of carboxylic acid groups (broad SMARTS) is 1. The lowest BCUT2D eigenvalue weighted by atomic mass is 9.83. The van der Waals surface area contributed by atoms with Crippen LogP contribution in [0.2, 0.25) is 5.02 Å². The number of halogens is 1. The summed E-state index contributed by atoms with van der Waals surface area (Å²) in [6.07, 6.45) is 3.65. The molecule has 0 heterocycles. The molecule has 7 heteroatoms. The largest absolute Gasteiger partial charge is 0.481 e. The fourth-order valence-electron chi connectivity index (χ4n) is 3.43. The molecular weight excluding hydrogens is 358 g/mol. The fraction of sp³-hybridized carbons (Fsp3) is 0.421. The highest BCUT2D eigenvalue weighted by atomic mass is 35.5. The van der Waals surface area contributed by atoms with Crippen LogP contribution in [0.5, 0.6) is 0 Å². The lowest BCUT2D eigenvalue weighted by molar-refractivity contribution is -0.138. The van der Waals surface area contributed by atoms with Crippen LogP contribution in [0.15, 0.2) is 47.7 Å². The van der Waals surface area contributed by atoms with Crippen LogP contribution in [-0.2, 0) is 9.63 Å². The lowest BCUT2D eigenvalue weighted by Gasteiger charge is -2.30. The second-order valence-corrected chi connectivity index (χ2v) is 7.08. The Hall–Kier alpha value is -1.86. The first-order valence-corrected chi connectivity index (χ1v) is 8.95. The molecule has 26 heavy (non-hydrogen) atoms. The maximum absolute atomic E-state index is 10.5. The van der Waals surface area contributed by atoms with Gasteiger partial charge in [-0.2, -0.15) is 0 Å². The van der Waals surface area contributed by atoms with Gasteiger partial charge in [-0.25, -0.2) is 0 Å². The summed E-state index contributed by atoms with van der Waals surface area (Å²) < 4.78 is 0. The maximum atomic E-state index is 10.5. The number of allylic oxidation sites excluding steroid dienone is 1. The van der Waals surface area contributed by atoms with Gasteiger partial charge >= 0.3 is 5.97 Å². The smallest absolute Gasteiger partial charge is 0.305 e. The quantitative estimate of drug-likeness (QED) is 0.315. The van der Waals surface area contributed by atoms with Gasteiger partial charge in [0.15, 0.2) is 0 Å². The van der Waals surface area contributed by atoms with Crippen LogP contribution in [0.3, 0.4) is 0 Å². The highest BCUT2D eigenvalue weighted by molar-refractivity contribution is 6.30. The second kappa shape index (κ2) is 8.22. The van der Waals surface area contributed by atoms with Gasteiger partial charge in [-0.3, -0.25) is 15.1 Å². The Morgan fingerprint density at radius 3 is 2.77 bits per heavy atom. The van der Waals surface area contributed by atoms with Gasteiger partial charge < -0.3 is 15.3 Å². The molecule has 1 saturated carbocycles. The van der Waals surface area contributed by atoms with Crippen LogP contribution in [0.4, 0.5) is 0 Å². The normalized spacial score (nSPS) is 25.9. The SMILES string of the molecule is O=C(O)CCONC1=C2CC(C=CC(O)c3ccc(Cl)cc3)C(O)[C@@H]2C1. The van der Waals surface area contributed by atoms with Crippen molar-refractivity contribution in [1.29, 1.82) is 0 Å². The molecule has 0 radical (unpaired) electrons. The summed E-state index contributed by atoms with van der Waals surface area (Å²) in [5.74, 6) is -0.866. The molecule has 4 N–H and O–H groups in total. The predicted octanol–water partition coefficient (Wildman–Crippen LogP) is 2.58. The summed E-state index contributed by atoms with van der Waals surface area (Å²) in [7, 11) is 0. The van der Waals surface area contributed by atoms with Crippen LogP contribution < -0.4 is 5.48 Å². The average molecular weight is 380 g/mol. The highest BCUT2D eigenvalue weighted by Crippen LogP contribution is 2.48. The zero-order chi connectivity index (χ0) is 18.7. The van der Waals surface area contributed by atoms with E-state index in [2.05, 4.69) is 5.48 Å². The molecule has 0 spiro atoms. The Bertz CT molecular complexity index is 715. The zero-order valence-corrected chi connectivity index (χ0v) is 14.9. The molecule has 140 valence electrons. The first-order valence-electron chi connectivity index (χ1n) is 8.57. The minimum Gasteiger partial charge on any atom is -0.481 e. The van der Waals surface area contributed by atoms with E-state index >= 15 is 0 Å². The standard InChI is InChI=1S/C19H22ClNO5/c20-13-4-1-11(2-5-13)17(22)6-3-12-9-14-15(19(12)25)10-16(14)21-26-8-7-18(23)24/h1-6,12,15,17,19,21-22,25H,7-10H2,(H,23,24)/t12?,15-,17?,19?/m1/s1. The van der Waals surface area contributed by atoms with Crippen molar-refractivity contribution in [3.63, 3.8) is 0 Å². The van der Waals surface area contributed by atoms with E-state index in [-0.39, 0.29) is 24.9 Å². The van der Waals surface area contributed by atoms with E-state index in [9.17, 15) is 15.0 Å². The van der Waals surface area contributed by atoms with Crippen molar-refractivity contribution < 1.29 is 25.0 Å². The van der Waals surface area contributed by atoms with E-state index < -0.39 is 18.2 Å². The summed E-state index contributed by atoms with van der Waals surface area (Å²) in [5, 5.41) is 29.9. The Balaban J connectivity index is 1.54. The number of carbonyl (C=O) groups is 1. The van der Waals surface area contributed by atoms with Gasteiger partial charge in [-0.1, -0.05) is 35.9 Å². The molecule has 3 rings (SSSR count). The molecule has 1 aromatic rings. The van der Waals surface area contributed by atoms with Crippen molar-refractivity contribution >= 4 is 17.6 Å². The number of hydrogen-bond acceptors (Lipinski definition) is 5. The molecule has 0 saturated heterocycles. The molecule has 0 aliphatic heterocycles. The summed E-state index contributed by atoms with van der Waals surface area (Å²) >= 11 is 5.85. The van der Waals surface area contributed by atoms with Crippen LogP contribution in [0, 0.1) is 11.8 Å². The van der Waals surface area contributed by atoms with E-state index in [1.165, 1.54) is 0 Å². The number of aliphatic hydroxyl groups excluding tert-OH is 2. The molecule has 0 bridgehead atoms. The van der Waals surface area contributed by atoms with Crippen LogP contribution in [-0.4, -0.2) is 34.0 Å². The number of benzene rings is 1. The number of hydrogen-bond donors (Lipinski definition) is 4. The molecule has 4 atom stereocenters. The maximum Gasteiger partial charge on any atom is 0.305 e. The fourth-order valence-corrected chi connectivity index (χ4v) is 3.55. The summed E-state index contributed by atoms with van der Waals surface area (Å²) in [6.45, 7) is 0.0932. The first-order chi connectivity index (χ1) is 12.5. The number of aliphatic carboxylic acids is 1. The van der Waals surface area contributed by atoms with Crippen LogP contribution >= 0.6 is 11.6 Å². The van der Waals surface area contributed by atoms with Crippen molar-refractivity contribution in [1.82, 2.24) is 5.48 Å². The summed E-state index contributed by atoms with van der Waals surface area (Å²) in [6, 6.07) is 6.99. The van der Waals surface area contributed by atoms with Crippen molar-refractivity contribution in [3.05, 3.63) is 58.3 Å². The van der Waals surface area contributed by atoms with Gasteiger partial charge in [0.2, 0.25) is 0 Å². The zero-order valence-electron chi connectivity index (χ0n) is 14.1. The highest BCUT2D eigenvalue weighted by Gasteiger charge is 2.45. The molecule has 2 aliphatic carbocycles. The minimum absolute atomic E-state index is 0.0599. The Morgan fingerprint density at radius 1 is 1.35 bits per heavy atom. The number of nitrogens with one attached hydrogen (secondary N) is 1. The van der Waals surface area contributed by atoms with E-state index in [0.717, 1.165) is 16.8 Å². The van der Waals surface area contributed by atoms with Crippen LogP contribution in [0.1, 0.15) is 30.9 Å². The van der Waals surface area contributed by atoms with Gasteiger partial charge in [-0.05, 0) is 36.1 Å². The molecule has 2 aliphatic rings. The summed E-state index contributed by atoms with van der Waals surface area (Å²) in [5.41, 5.74) is 5.59. The Kier molecular flexibility index (Phi) is 5.98. The monoisotopic (exact) mass is 379 g/mol. The van der Waals surface area contributed by atoms with E-state index in [1.807, 2.05) is 6.08 Å². The minimum atomic E-state index is -0.906. The number of rotatable bonds is 8. The van der Waals surface area contributed by atoms with E-state index in [4.69, 9.17) is 21.5 Å². The third-order valence-corrected chi connectivity index (χ3v) is 5.18. The second-order valence-electron chi connectivity index (χ2n) is 6.65. The Labute approximate surface area is 156 Å². The van der Waals surface area contributed by atoms with Gasteiger partial charge in [0.05, 0.1) is 25.2 Å². The van der Waals surface area contributed by atoms with Gasteiger partial charge in [0.1, 0.15) is 0 Å². The molecule has 6 nitrogen and oxygen atoms in total. The topological polar surface area (TPSA) is 99.0 Å². The molecule has 3 unspecified atom stereocenters. The first kappa shape index (κ1) is 18.9. The number of fused-ring (bicyclic) bond motifs is 1. The summed E-state index contributed by atoms with van der Waals surface area (Å²) in [4.78, 5) is 15.6. The number of hydroxylamine groups is 1. The van der Waals surface area contributed by atoms with E-state index in [0.29, 0.717) is 17.9 Å². The van der Waals surface area contributed by atoms with Gasteiger partial charge in [-0.15, -0.1) is 0 Å². The molecular formula is C19H22ClNO5. The Morgan fingerprint density at radius 2 is 2.08 bits per heavy atom. The van der Waals surface area contributed by atoms with Crippen LogP contribution in [0.25, 0.3) is 0 Å². The lowest BCUT2D eigenvalue weighted by Crippen LogP contribution is -2.32. The number of carboxylic acids is 1. The van der Waals surface area contributed by atoms with Gasteiger partial charge in [0.25, 0.3) is 0 Å². The molecule has 1 fully saturated rings. The van der Waals surface area contributed by atoms with Crippen molar-refractivity contribution in [2.24, 2.45) is 11.8 Å². The predicted molar refractivity (Wildman–Crippen MR) is 96.1 cm³/mol. The van der Waals surface area contributed by atoms with Crippen molar-refractivity contribution in [3.8, 4) is 0 Å². The average Bonchev–Trinajstić information content (AvgIpc) is 2.83. The van der Waals surface area contributed by atoms with Crippen molar-refractivity contribution in [2.45, 2.75) is 31.5 Å². The van der Waals surface area contributed by atoms with E-state index in [1.54, 1.807) is 30.3 Å². The molecule has 0 aromatic heterocycles. The molecule has 0 amide bonds.